The van der Waals surface area contributed by atoms with Gasteiger partial charge in [-0.1, -0.05) is 46.9 Å². The molecule has 144 valence electrons. The second-order valence-electron chi connectivity index (χ2n) is 6.27. The second kappa shape index (κ2) is 9.11. The van der Waals surface area contributed by atoms with E-state index in [1.54, 1.807) is 4.90 Å². The molecule has 0 aromatic heterocycles. The largest absolute Gasteiger partial charge is 0.481 e. The Labute approximate surface area is 172 Å². The summed E-state index contributed by atoms with van der Waals surface area (Å²) < 4.78 is 18.6. The lowest BCUT2D eigenvalue weighted by Crippen LogP contribution is -2.49. The minimum Gasteiger partial charge on any atom is -0.481 e. The van der Waals surface area contributed by atoms with Crippen LogP contribution in [-0.2, 0) is 11.3 Å². The van der Waals surface area contributed by atoms with Gasteiger partial charge in [-0.25, -0.2) is 4.39 Å². The molecule has 1 fully saturated rings. The SMILES string of the molecule is O=C(COc1c(Cl)cc(F)cc1Cl)N1CCN(Cc2ccc(Cl)cc2)CC1. The summed E-state index contributed by atoms with van der Waals surface area (Å²) in [6, 6.07) is 9.96. The lowest BCUT2D eigenvalue weighted by atomic mass is 10.2. The van der Waals surface area contributed by atoms with Gasteiger partial charge in [0.1, 0.15) is 5.82 Å². The predicted molar refractivity (Wildman–Crippen MR) is 105 cm³/mol. The first-order valence-electron chi connectivity index (χ1n) is 8.44. The maximum atomic E-state index is 13.2. The Morgan fingerprint density at radius 3 is 2.19 bits per heavy atom. The van der Waals surface area contributed by atoms with Crippen molar-refractivity contribution < 1.29 is 13.9 Å². The smallest absolute Gasteiger partial charge is 0.260 e. The highest BCUT2D eigenvalue weighted by atomic mass is 35.5. The zero-order valence-corrected chi connectivity index (χ0v) is 16.7. The standard InChI is InChI=1S/C19H18Cl3FN2O2/c20-14-3-1-13(2-4-14)11-24-5-7-25(8-6-24)18(26)12-27-19-16(21)9-15(23)10-17(19)22/h1-4,9-10H,5-8,11-12H2. The van der Waals surface area contributed by atoms with Crippen molar-refractivity contribution in [2.45, 2.75) is 6.54 Å². The predicted octanol–water partition coefficient (Wildman–Crippen LogP) is 4.51. The molecule has 1 aliphatic rings. The van der Waals surface area contributed by atoms with Crippen LogP contribution in [0.25, 0.3) is 0 Å². The molecule has 1 aliphatic heterocycles. The molecule has 0 unspecified atom stereocenters. The molecule has 8 heteroatoms. The summed E-state index contributed by atoms with van der Waals surface area (Å²) in [5, 5.41) is 0.802. The highest BCUT2D eigenvalue weighted by Crippen LogP contribution is 2.33. The summed E-state index contributed by atoms with van der Waals surface area (Å²) in [5.74, 6) is -0.590. The first kappa shape index (κ1) is 20.2. The molecule has 0 N–H and O–H groups in total. The summed E-state index contributed by atoms with van der Waals surface area (Å²) >= 11 is 17.7. The molecule has 0 radical (unpaired) electrons. The van der Waals surface area contributed by atoms with Gasteiger partial charge in [0.2, 0.25) is 0 Å². The van der Waals surface area contributed by atoms with Crippen molar-refractivity contribution in [3.05, 3.63) is 62.8 Å². The highest BCUT2D eigenvalue weighted by molar-refractivity contribution is 6.37. The van der Waals surface area contributed by atoms with Crippen LogP contribution >= 0.6 is 34.8 Å². The lowest BCUT2D eigenvalue weighted by molar-refractivity contribution is -0.135. The van der Waals surface area contributed by atoms with Crippen LogP contribution in [-0.4, -0.2) is 48.5 Å². The summed E-state index contributed by atoms with van der Waals surface area (Å²) in [6.45, 7) is 3.39. The maximum absolute atomic E-state index is 13.2. The van der Waals surface area contributed by atoms with E-state index in [0.29, 0.717) is 13.1 Å². The highest BCUT2D eigenvalue weighted by Gasteiger charge is 2.22. The van der Waals surface area contributed by atoms with E-state index >= 15 is 0 Å². The number of nitrogens with zero attached hydrogens (tertiary/aromatic N) is 2. The van der Waals surface area contributed by atoms with Crippen LogP contribution in [0.15, 0.2) is 36.4 Å². The maximum Gasteiger partial charge on any atom is 0.260 e. The average Bonchev–Trinajstić information content (AvgIpc) is 2.63. The monoisotopic (exact) mass is 430 g/mol. The normalized spacial score (nSPS) is 15.0. The van der Waals surface area contributed by atoms with Gasteiger partial charge in [0, 0.05) is 37.7 Å². The molecule has 0 spiro atoms. The fraction of sp³-hybridized carbons (Fsp3) is 0.316. The van der Waals surface area contributed by atoms with Crippen molar-refractivity contribution in [2.75, 3.05) is 32.8 Å². The molecular weight excluding hydrogens is 414 g/mol. The third kappa shape index (κ3) is 5.48. The van der Waals surface area contributed by atoms with Gasteiger partial charge >= 0.3 is 0 Å². The quantitative estimate of drug-likeness (QED) is 0.698. The average molecular weight is 432 g/mol. The number of carbonyl (C=O) groups is 1. The molecule has 2 aromatic carbocycles. The van der Waals surface area contributed by atoms with Gasteiger partial charge in [0.05, 0.1) is 10.0 Å². The van der Waals surface area contributed by atoms with Crippen molar-refractivity contribution in [3.8, 4) is 5.75 Å². The van der Waals surface area contributed by atoms with Crippen LogP contribution in [0, 0.1) is 5.82 Å². The molecule has 3 rings (SSSR count). The lowest BCUT2D eigenvalue weighted by Gasteiger charge is -2.34. The van der Waals surface area contributed by atoms with Crippen LogP contribution in [0.4, 0.5) is 4.39 Å². The van der Waals surface area contributed by atoms with Crippen molar-refractivity contribution in [3.63, 3.8) is 0 Å². The fourth-order valence-corrected chi connectivity index (χ4v) is 3.59. The Hall–Kier alpha value is -1.53. The van der Waals surface area contributed by atoms with E-state index in [-0.39, 0.29) is 28.3 Å². The fourth-order valence-electron chi connectivity index (χ4n) is 2.90. The molecular formula is C19H18Cl3FN2O2. The molecule has 0 atom stereocenters. The number of amides is 1. The Morgan fingerprint density at radius 2 is 1.59 bits per heavy atom. The third-order valence-electron chi connectivity index (χ3n) is 4.35. The van der Waals surface area contributed by atoms with Crippen LogP contribution in [0.1, 0.15) is 5.56 Å². The van der Waals surface area contributed by atoms with Crippen LogP contribution in [0.3, 0.4) is 0 Å². The molecule has 1 saturated heterocycles. The number of hydrogen-bond acceptors (Lipinski definition) is 3. The van der Waals surface area contributed by atoms with Crippen molar-refractivity contribution in [1.29, 1.82) is 0 Å². The van der Waals surface area contributed by atoms with E-state index in [1.165, 1.54) is 5.56 Å². The van der Waals surface area contributed by atoms with E-state index in [4.69, 9.17) is 39.5 Å². The van der Waals surface area contributed by atoms with Crippen LogP contribution < -0.4 is 4.74 Å². The Kier molecular flexibility index (Phi) is 6.82. The van der Waals surface area contributed by atoms with Gasteiger partial charge in [-0.05, 0) is 29.8 Å². The van der Waals surface area contributed by atoms with Crippen molar-refractivity contribution in [2.24, 2.45) is 0 Å². The minimum atomic E-state index is -0.555. The number of rotatable bonds is 5. The summed E-state index contributed by atoms with van der Waals surface area (Å²) in [7, 11) is 0. The van der Waals surface area contributed by atoms with E-state index < -0.39 is 5.82 Å². The molecule has 2 aromatic rings. The minimum absolute atomic E-state index is 0.0422. The van der Waals surface area contributed by atoms with E-state index in [2.05, 4.69) is 4.90 Å². The number of ether oxygens (including phenoxy) is 1. The molecule has 1 heterocycles. The van der Waals surface area contributed by atoms with E-state index in [0.717, 1.165) is 36.8 Å². The summed E-state index contributed by atoms with van der Waals surface area (Å²) in [4.78, 5) is 16.4. The number of hydrogen-bond donors (Lipinski definition) is 0. The molecule has 0 saturated carbocycles. The van der Waals surface area contributed by atoms with Gasteiger partial charge < -0.3 is 9.64 Å². The van der Waals surface area contributed by atoms with Gasteiger partial charge in [-0.3, -0.25) is 9.69 Å². The Morgan fingerprint density at radius 1 is 1.00 bits per heavy atom. The van der Waals surface area contributed by atoms with Gasteiger partial charge in [-0.2, -0.15) is 0 Å². The number of halogens is 4. The number of benzene rings is 2. The van der Waals surface area contributed by atoms with Gasteiger partial charge in [-0.15, -0.1) is 0 Å². The molecule has 4 nitrogen and oxygen atoms in total. The second-order valence-corrected chi connectivity index (χ2v) is 7.52. The zero-order chi connectivity index (χ0) is 19.4. The Balaban J connectivity index is 1.48. The first-order chi connectivity index (χ1) is 12.9. The third-order valence-corrected chi connectivity index (χ3v) is 5.16. The first-order valence-corrected chi connectivity index (χ1v) is 9.57. The van der Waals surface area contributed by atoms with Crippen molar-refractivity contribution in [1.82, 2.24) is 9.80 Å². The summed E-state index contributed by atoms with van der Waals surface area (Å²) in [5.41, 5.74) is 1.18. The number of carbonyl (C=O) groups excluding carboxylic acids is 1. The van der Waals surface area contributed by atoms with Crippen molar-refractivity contribution >= 4 is 40.7 Å². The zero-order valence-electron chi connectivity index (χ0n) is 14.4. The van der Waals surface area contributed by atoms with E-state index in [1.807, 2.05) is 24.3 Å². The summed E-state index contributed by atoms with van der Waals surface area (Å²) in [6.07, 6.45) is 0. The molecule has 0 bridgehead atoms. The van der Waals surface area contributed by atoms with Crippen LogP contribution in [0.5, 0.6) is 5.75 Å². The molecule has 27 heavy (non-hydrogen) atoms. The molecule has 1 amide bonds. The van der Waals surface area contributed by atoms with Gasteiger partial charge in [0.25, 0.3) is 5.91 Å². The number of piperazine rings is 1. The van der Waals surface area contributed by atoms with Gasteiger partial charge in [0.15, 0.2) is 12.4 Å². The topological polar surface area (TPSA) is 32.8 Å². The molecule has 0 aliphatic carbocycles. The van der Waals surface area contributed by atoms with Crippen LogP contribution in [0.2, 0.25) is 15.1 Å². The van der Waals surface area contributed by atoms with E-state index in [9.17, 15) is 9.18 Å². The Bertz CT molecular complexity index is 786.